The molecule has 0 amide bonds. The van der Waals surface area contributed by atoms with Gasteiger partial charge in [-0.25, -0.2) is 4.98 Å². The lowest BCUT2D eigenvalue weighted by molar-refractivity contribution is 0.899. The van der Waals surface area contributed by atoms with Crippen molar-refractivity contribution in [2.24, 2.45) is 0 Å². The summed E-state index contributed by atoms with van der Waals surface area (Å²) in [5, 5.41) is 0. The maximum absolute atomic E-state index is 12.4. The number of fused-ring (bicyclic) bond motifs is 2. The first-order chi connectivity index (χ1) is 9.83. The summed E-state index contributed by atoms with van der Waals surface area (Å²) in [6, 6.07) is 9.65. The number of hydrogen-bond acceptors (Lipinski definition) is 3. The Bertz CT molecular complexity index is 853. The van der Waals surface area contributed by atoms with Crippen LogP contribution in [0.25, 0.3) is 16.9 Å². The van der Waals surface area contributed by atoms with Crippen LogP contribution < -0.4 is 5.56 Å². The fourth-order valence-corrected chi connectivity index (χ4v) is 2.80. The summed E-state index contributed by atoms with van der Waals surface area (Å²) in [5.74, 6) is 0. The summed E-state index contributed by atoms with van der Waals surface area (Å²) in [7, 11) is 0. The van der Waals surface area contributed by atoms with Gasteiger partial charge < -0.3 is 0 Å². The van der Waals surface area contributed by atoms with Crippen molar-refractivity contribution in [2.75, 3.05) is 0 Å². The van der Waals surface area contributed by atoms with Crippen molar-refractivity contribution >= 4 is 5.65 Å². The average molecular weight is 263 g/mol. The molecule has 4 rings (SSSR count). The van der Waals surface area contributed by atoms with Crippen LogP contribution in [0, 0.1) is 0 Å². The normalized spacial score (nSPS) is 13.6. The number of rotatable bonds is 1. The second-order valence-electron chi connectivity index (χ2n) is 5.05. The molecule has 3 heterocycles. The smallest absolute Gasteiger partial charge is 0.261 e. The molecule has 0 aromatic carbocycles. The SMILES string of the molecule is O=c1c2c(nc3cc(-c4ccccn4)ccn13)CCC2. The highest BCUT2D eigenvalue weighted by atomic mass is 16.1. The average Bonchev–Trinajstić information content (AvgIpc) is 2.96. The van der Waals surface area contributed by atoms with Crippen LogP contribution in [0.4, 0.5) is 0 Å². The third-order valence-corrected chi connectivity index (χ3v) is 3.81. The Morgan fingerprint density at radius 1 is 1.15 bits per heavy atom. The molecule has 0 N–H and O–H groups in total. The Kier molecular flexibility index (Phi) is 2.42. The Morgan fingerprint density at radius 2 is 2.10 bits per heavy atom. The van der Waals surface area contributed by atoms with Crippen LogP contribution in [-0.2, 0) is 12.8 Å². The Balaban J connectivity index is 1.97. The predicted molar refractivity (Wildman–Crippen MR) is 76.7 cm³/mol. The van der Waals surface area contributed by atoms with E-state index < -0.39 is 0 Å². The van der Waals surface area contributed by atoms with Gasteiger partial charge in [0.1, 0.15) is 5.65 Å². The largest absolute Gasteiger partial charge is 0.269 e. The standard InChI is InChI=1S/C16H13N3O/c20-16-12-4-3-6-14(12)18-15-10-11(7-9-19(15)16)13-5-1-2-8-17-13/h1-2,5,7-10H,3-4,6H2. The molecule has 0 fully saturated rings. The van der Waals surface area contributed by atoms with Gasteiger partial charge in [-0.3, -0.25) is 14.2 Å². The summed E-state index contributed by atoms with van der Waals surface area (Å²) in [5.41, 5.74) is 4.51. The predicted octanol–water partition coefficient (Wildman–Crippen LogP) is 2.25. The van der Waals surface area contributed by atoms with Crippen LogP contribution >= 0.6 is 0 Å². The fraction of sp³-hybridized carbons (Fsp3) is 0.188. The van der Waals surface area contributed by atoms with E-state index in [0.717, 1.165) is 41.8 Å². The molecule has 3 aromatic heterocycles. The molecule has 0 saturated carbocycles. The summed E-state index contributed by atoms with van der Waals surface area (Å²) in [4.78, 5) is 21.3. The molecule has 0 unspecified atom stereocenters. The van der Waals surface area contributed by atoms with Crippen molar-refractivity contribution < 1.29 is 0 Å². The molecule has 0 atom stereocenters. The summed E-state index contributed by atoms with van der Waals surface area (Å²) in [6.45, 7) is 0. The van der Waals surface area contributed by atoms with E-state index in [0.29, 0.717) is 5.65 Å². The topological polar surface area (TPSA) is 47.3 Å². The Morgan fingerprint density at radius 3 is 2.95 bits per heavy atom. The van der Waals surface area contributed by atoms with E-state index in [1.807, 2.05) is 30.3 Å². The third-order valence-electron chi connectivity index (χ3n) is 3.81. The van der Waals surface area contributed by atoms with Crippen molar-refractivity contribution in [3.63, 3.8) is 0 Å². The Labute approximate surface area is 115 Å². The van der Waals surface area contributed by atoms with Gasteiger partial charge in [-0.05, 0) is 43.5 Å². The van der Waals surface area contributed by atoms with Gasteiger partial charge in [-0.15, -0.1) is 0 Å². The molecule has 98 valence electrons. The number of nitrogens with zero attached hydrogens (tertiary/aromatic N) is 3. The zero-order valence-electron chi connectivity index (χ0n) is 10.9. The maximum atomic E-state index is 12.4. The highest BCUT2D eigenvalue weighted by Crippen LogP contribution is 2.20. The van der Waals surface area contributed by atoms with Crippen LogP contribution in [0.2, 0.25) is 0 Å². The molecule has 3 aromatic rings. The van der Waals surface area contributed by atoms with Crippen molar-refractivity contribution in [1.82, 2.24) is 14.4 Å². The number of aryl methyl sites for hydroxylation is 1. The molecule has 4 nitrogen and oxygen atoms in total. The first-order valence-electron chi connectivity index (χ1n) is 6.78. The molecule has 0 spiro atoms. The number of pyridine rings is 2. The van der Waals surface area contributed by atoms with Gasteiger partial charge in [-0.1, -0.05) is 6.07 Å². The zero-order valence-corrected chi connectivity index (χ0v) is 10.9. The van der Waals surface area contributed by atoms with Crippen LogP contribution in [0.15, 0.2) is 47.5 Å². The molecule has 1 aliphatic rings. The van der Waals surface area contributed by atoms with Crippen LogP contribution in [0.1, 0.15) is 17.7 Å². The van der Waals surface area contributed by atoms with E-state index in [4.69, 9.17) is 0 Å². The van der Waals surface area contributed by atoms with E-state index >= 15 is 0 Å². The molecular formula is C16H13N3O. The molecule has 4 heteroatoms. The minimum atomic E-state index is 0.0788. The number of aromatic nitrogens is 3. The van der Waals surface area contributed by atoms with Crippen molar-refractivity contribution in [1.29, 1.82) is 0 Å². The van der Waals surface area contributed by atoms with E-state index in [1.54, 1.807) is 16.8 Å². The fourth-order valence-electron chi connectivity index (χ4n) is 2.80. The highest BCUT2D eigenvalue weighted by Gasteiger charge is 2.18. The van der Waals surface area contributed by atoms with Crippen LogP contribution in [0.5, 0.6) is 0 Å². The van der Waals surface area contributed by atoms with Crippen LogP contribution in [-0.4, -0.2) is 14.4 Å². The zero-order chi connectivity index (χ0) is 13.5. The van der Waals surface area contributed by atoms with Gasteiger partial charge in [0, 0.05) is 23.5 Å². The molecule has 0 radical (unpaired) electrons. The number of hydrogen-bond donors (Lipinski definition) is 0. The van der Waals surface area contributed by atoms with Crippen molar-refractivity contribution in [3.8, 4) is 11.3 Å². The van der Waals surface area contributed by atoms with Gasteiger partial charge in [0.15, 0.2) is 0 Å². The molecular weight excluding hydrogens is 250 g/mol. The summed E-state index contributed by atoms with van der Waals surface area (Å²) in [6.07, 6.45) is 6.36. The molecule has 1 aliphatic carbocycles. The van der Waals surface area contributed by atoms with Crippen molar-refractivity contribution in [3.05, 3.63) is 64.3 Å². The lowest BCUT2D eigenvalue weighted by atomic mass is 10.1. The minimum absolute atomic E-state index is 0.0788. The van der Waals surface area contributed by atoms with E-state index in [2.05, 4.69) is 9.97 Å². The molecule has 20 heavy (non-hydrogen) atoms. The molecule has 0 saturated heterocycles. The first kappa shape index (κ1) is 11.3. The lowest BCUT2D eigenvalue weighted by Gasteiger charge is -2.06. The lowest BCUT2D eigenvalue weighted by Crippen LogP contribution is -2.19. The summed E-state index contributed by atoms with van der Waals surface area (Å²) < 4.78 is 1.64. The Hall–Kier alpha value is -2.49. The van der Waals surface area contributed by atoms with Gasteiger partial charge in [0.25, 0.3) is 5.56 Å². The summed E-state index contributed by atoms with van der Waals surface area (Å²) >= 11 is 0. The van der Waals surface area contributed by atoms with E-state index in [9.17, 15) is 4.79 Å². The third kappa shape index (κ3) is 1.65. The van der Waals surface area contributed by atoms with Gasteiger partial charge in [0.05, 0.1) is 11.4 Å². The monoisotopic (exact) mass is 263 g/mol. The maximum Gasteiger partial charge on any atom is 0.261 e. The first-order valence-corrected chi connectivity index (χ1v) is 6.78. The highest BCUT2D eigenvalue weighted by molar-refractivity contribution is 5.64. The van der Waals surface area contributed by atoms with Gasteiger partial charge in [0.2, 0.25) is 0 Å². The minimum Gasteiger partial charge on any atom is -0.269 e. The van der Waals surface area contributed by atoms with E-state index in [1.165, 1.54) is 0 Å². The second kappa shape index (κ2) is 4.27. The molecule has 0 bridgehead atoms. The second-order valence-corrected chi connectivity index (χ2v) is 5.05. The van der Waals surface area contributed by atoms with Crippen molar-refractivity contribution in [2.45, 2.75) is 19.3 Å². The van der Waals surface area contributed by atoms with E-state index in [-0.39, 0.29) is 5.56 Å². The quantitative estimate of drug-likeness (QED) is 0.676. The molecule has 0 aliphatic heterocycles. The van der Waals surface area contributed by atoms with Crippen LogP contribution in [0.3, 0.4) is 0 Å². The van der Waals surface area contributed by atoms with Gasteiger partial charge >= 0.3 is 0 Å². The van der Waals surface area contributed by atoms with Gasteiger partial charge in [-0.2, -0.15) is 0 Å².